The zero-order valence-corrected chi connectivity index (χ0v) is 17.9. The first kappa shape index (κ1) is 20.8. The van der Waals surface area contributed by atoms with Crippen LogP contribution < -0.4 is 0 Å². The molecule has 31 heavy (non-hydrogen) atoms. The first-order valence-electron chi connectivity index (χ1n) is 10.3. The molecule has 1 atom stereocenters. The van der Waals surface area contributed by atoms with Crippen LogP contribution in [0, 0.1) is 0 Å². The van der Waals surface area contributed by atoms with Crippen LogP contribution in [0.2, 0.25) is 0 Å². The SMILES string of the molecule is CN(C)CCCN1C(=O)C(=O)/C(=C(/O)c2cn(C)c3ccccc23)[C@@H]1c1ccncc1. The largest absolute Gasteiger partial charge is 0.507 e. The quantitative estimate of drug-likeness (QED) is 0.378. The highest BCUT2D eigenvalue weighted by atomic mass is 16.3. The zero-order chi connectivity index (χ0) is 22.1. The summed E-state index contributed by atoms with van der Waals surface area (Å²) in [6, 6.07) is 10.6. The van der Waals surface area contributed by atoms with Gasteiger partial charge in [0.1, 0.15) is 5.76 Å². The molecule has 3 heterocycles. The molecule has 1 aliphatic rings. The molecule has 2 aromatic heterocycles. The normalized spacial score (nSPS) is 18.5. The van der Waals surface area contributed by atoms with Gasteiger partial charge in [-0.05, 0) is 50.8 Å². The van der Waals surface area contributed by atoms with Crippen LogP contribution in [-0.2, 0) is 16.6 Å². The van der Waals surface area contributed by atoms with E-state index in [-0.39, 0.29) is 11.3 Å². The molecule has 1 aromatic carbocycles. The van der Waals surface area contributed by atoms with E-state index >= 15 is 0 Å². The van der Waals surface area contributed by atoms with E-state index in [4.69, 9.17) is 0 Å². The van der Waals surface area contributed by atoms with Gasteiger partial charge in [-0.1, -0.05) is 18.2 Å². The summed E-state index contributed by atoms with van der Waals surface area (Å²) in [5.41, 5.74) is 2.35. The molecule has 1 amide bonds. The molecule has 1 fully saturated rings. The van der Waals surface area contributed by atoms with Crippen molar-refractivity contribution in [3.05, 3.63) is 71.7 Å². The van der Waals surface area contributed by atoms with E-state index in [0.29, 0.717) is 12.1 Å². The van der Waals surface area contributed by atoms with Crippen LogP contribution in [0.4, 0.5) is 0 Å². The average molecular weight is 418 g/mol. The van der Waals surface area contributed by atoms with E-state index in [9.17, 15) is 14.7 Å². The van der Waals surface area contributed by atoms with Crippen LogP contribution >= 0.6 is 0 Å². The fraction of sp³-hybridized carbons (Fsp3) is 0.292. The molecule has 0 bridgehead atoms. The average Bonchev–Trinajstić information content (AvgIpc) is 3.23. The molecule has 0 aliphatic carbocycles. The predicted octanol–water partition coefficient (Wildman–Crippen LogP) is 2.95. The zero-order valence-electron chi connectivity index (χ0n) is 17.9. The topological polar surface area (TPSA) is 78.7 Å². The summed E-state index contributed by atoms with van der Waals surface area (Å²) in [5.74, 6) is -1.38. The highest BCUT2D eigenvalue weighted by Gasteiger charge is 2.46. The van der Waals surface area contributed by atoms with E-state index in [1.807, 2.05) is 54.9 Å². The molecule has 1 N–H and O–H groups in total. The number of aliphatic hydroxyl groups excluding tert-OH is 1. The molecule has 0 spiro atoms. The van der Waals surface area contributed by atoms with E-state index in [1.165, 1.54) is 0 Å². The number of aliphatic hydroxyl groups is 1. The molecule has 1 aliphatic heterocycles. The number of Topliss-reactive ketones (excluding diaryl/α,β-unsaturated/α-hetero) is 1. The maximum Gasteiger partial charge on any atom is 0.295 e. The minimum atomic E-state index is -0.655. The van der Waals surface area contributed by atoms with Gasteiger partial charge in [0, 0.05) is 48.6 Å². The van der Waals surface area contributed by atoms with Gasteiger partial charge < -0.3 is 19.5 Å². The van der Waals surface area contributed by atoms with Crippen molar-refractivity contribution in [1.29, 1.82) is 0 Å². The number of carbonyl (C=O) groups is 2. The van der Waals surface area contributed by atoms with Crippen LogP contribution in [0.3, 0.4) is 0 Å². The van der Waals surface area contributed by atoms with Crippen LogP contribution in [0.1, 0.15) is 23.6 Å². The highest BCUT2D eigenvalue weighted by molar-refractivity contribution is 6.46. The Balaban J connectivity index is 1.85. The van der Waals surface area contributed by atoms with Crippen LogP contribution in [0.15, 0.2) is 60.6 Å². The summed E-state index contributed by atoms with van der Waals surface area (Å²) in [4.78, 5) is 33.8. The Bertz CT molecular complexity index is 1160. The number of benzene rings is 1. The van der Waals surface area contributed by atoms with Gasteiger partial charge in [-0.25, -0.2) is 0 Å². The van der Waals surface area contributed by atoms with Gasteiger partial charge >= 0.3 is 0 Å². The maximum atomic E-state index is 13.1. The van der Waals surface area contributed by atoms with Crippen LogP contribution in [0.25, 0.3) is 16.7 Å². The third-order valence-electron chi connectivity index (χ3n) is 5.72. The summed E-state index contributed by atoms with van der Waals surface area (Å²) >= 11 is 0. The lowest BCUT2D eigenvalue weighted by molar-refractivity contribution is -0.139. The Kier molecular flexibility index (Phi) is 5.61. The fourth-order valence-electron chi connectivity index (χ4n) is 4.24. The Hall–Kier alpha value is -3.45. The lowest BCUT2D eigenvalue weighted by atomic mass is 9.96. The lowest BCUT2D eigenvalue weighted by Gasteiger charge is -2.25. The Labute approximate surface area is 181 Å². The molecule has 4 rings (SSSR count). The second kappa shape index (κ2) is 8.35. The van der Waals surface area contributed by atoms with Crippen molar-refractivity contribution in [2.45, 2.75) is 12.5 Å². The van der Waals surface area contributed by atoms with Crippen LogP contribution in [-0.4, -0.2) is 63.3 Å². The Morgan fingerprint density at radius 3 is 2.55 bits per heavy atom. The number of amides is 1. The van der Waals surface area contributed by atoms with Gasteiger partial charge in [0.15, 0.2) is 0 Å². The van der Waals surface area contributed by atoms with Crippen molar-refractivity contribution in [1.82, 2.24) is 19.4 Å². The fourth-order valence-corrected chi connectivity index (χ4v) is 4.24. The number of hydrogen-bond acceptors (Lipinski definition) is 5. The Morgan fingerprint density at radius 2 is 1.84 bits per heavy atom. The van der Waals surface area contributed by atoms with Crippen molar-refractivity contribution >= 4 is 28.4 Å². The van der Waals surface area contributed by atoms with Crippen molar-refractivity contribution < 1.29 is 14.7 Å². The molecular formula is C24H26N4O3. The van der Waals surface area contributed by atoms with Crippen LogP contribution in [0.5, 0.6) is 0 Å². The molecule has 3 aromatic rings. The van der Waals surface area contributed by atoms with Gasteiger partial charge in [-0.3, -0.25) is 14.6 Å². The smallest absolute Gasteiger partial charge is 0.295 e. The van der Waals surface area contributed by atoms with Gasteiger partial charge in [0.05, 0.1) is 11.6 Å². The lowest BCUT2D eigenvalue weighted by Crippen LogP contribution is -2.32. The third-order valence-corrected chi connectivity index (χ3v) is 5.72. The second-order valence-electron chi connectivity index (χ2n) is 8.10. The van der Waals surface area contributed by atoms with E-state index < -0.39 is 17.7 Å². The molecule has 0 unspecified atom stereocenters. The van der Waals surface area contributed by atoms with Gasteiger partial charge in [-0.2, -0.15) is 0 Å². The molecule has 160 valence electrons. The number of fused-ring (bicyclic) bond motifs is 1. The van der Waals surface area contributed by atoms with Crippen molar-refractivity contribution in [2.75, 3.05) is 27.2 Å². The first-order chi connectivity index (χ1) is 14.9. The Morgan fingerprint density at radius 1 is 1.13 bits per heavy atom. The van der Waals surface area contributed by atoms with Gasteiger partial charge in [-0.15, -0.1) is 0 Å². The summed E-state index contributed by atoms with van der Waals surface area (Å²) in [6.45, 7) is 1.21. The van der Waals surface area contributed by atoms with E-state index in [0.717, 1.165) is 29.4 Å². The minimum absolute atomic E-state index is 0.123. The van der Waals surface area contributed by atoms with E-state index in [1.54, 1.807) is 35.6 Å². The number of hydrogen-bond donors (Lipinski definition) is 1. The maximum absolute atomic E-state index is 13.1. The summed E-state index contributed by atoms with van der Waals surface area (Å²) < 4.78 is 1.90. The summed E-state index contributed by atoms with van der Waals surface area (Å²) in [6.07, 6.45) is 5.78. The molecule has 0 radical (unpaired) electrons. The number of para-hydroxylation sites is 1. The third kappa shape index (κ3) is 3.72. The van der Waals surface area contributed by atoms with E-state index in [2.05, 4.69) is 4.98 Å². The van der Waals surface area contributed by atoms with Crippen molar-refractivity contribution in [3.63, 3.8) is 0 Å². The predicted molar refractivity (Wildman–Crippen MR) is 119 cm³/mol. The first-order valence-corrected chi connectivity index (χ1v) is 10.3. The number of likely N-dealkylation sites (tertiary alicyclic amines) is 1. The standard InChI is InChI=1S/C24H26N4O3/c1-26(2)13-6-14-28-21(16-9-11-25-12-10-16)20(23(30)24(28)31)22(29)18-15-27(3)19-8-5-4-7-17(18)19/h4-5,7-12,15,21,29H,6,13-14H2,1-3H3/b22-20+/t21-/m0/s1. The number of rotatable bonds is 6. The molecule has 1 saturated heterocycles. The molecular weight excluding hydrogens is 392 g/mol. The number of pyridine rings is 1. The summed E-state index contributed by atoms with van der Waals surface area (Å²) in [5, 5.41) is 12.2. The number of carbonyl (C=O) groups excluding carboxylic acids is 2. The summed E-state index contributed by atoms with van der Waals surface area (Å²) in [7, 11) is 5.82. The number of nitrogens with zero attached hydrogens (tertiary/aromatic N) is 4. The van der Waals surface area contributed by atoms with Crippen molar-refractivity contribution in [3.8, 4) is 0 Å². The highest BCUT2D eigenvalue weighted by Crippen LogP contribution is 2.40. The molecule has 7 nitrogen and oxygen atoms in total. The monoisotopic (exact) mass is 418 g/mol. The second-order valence-corrected chi connectivity index (χ2v) is 8.10. The number of ketones is 1. The number of aromatic nitrogens is 2. The van der Waals surface area contributed by atoms with Gasteiger partial charge in [0.2, 0.25) is 0 Å². The number of aryl methyl sites for hydroxylation is 1. The van der Waals surface area contributed by atoms with Crippen molar-refractivity contribution in [2.24, 2.45) is 7.05 Å². The van der Waals surface area contributed by atoms with Gasteiger partial charge in [0.25, 0.3) is 11.7 Å². The molecule has 7 heteroatoms. The minimum Gasteiger partial charge on any atom is -0.507 e. The molecule has 0 saturated carbocycles.